The molecule has 0 spiro atoms. The fourth-order valence-corrected chi connectivity index (χ4v) is 3.24. The summed E-state index contributed by atoms with van der Waals surface area (Å²) >= 11 is 5.69. The van der Waals surface area contributed by atoms with Crippen LogP contribution in [0.15, 0.2) is 18.2 Å². The number of hydrogen-bond acceptors (Lipinski definition) is 4. The van der Waals surface area contributed by atoms with Crippen molar-refractivity contribution in [2.45, 2.75) is 18.9 Å². The third-order valence-corrected chi connectivity index (χ3v) is 4.70. The highest BCUT2D eigenvalue weighted by Crippen LogP contribution is 2.19. The van der Waals surface area contributed by atoms with Crippen LogP contribution < -0.4 is 5.32 Å². The van der Waals surface area contributed by atoms with Crippen molar-refractivity contribution in [3.63, 3.8) is 0 Å². The molecule has 1 atom stereocenters. The number of carbonyl (C=O) groups excluding carboxylic acids is 2. The molecule has 2 amide bonds. The second-order valence-electron chi connectivity index (χ2n) is 6.28. The van der Waals surface area contributed by atoms with Gasteiger partial charge in [-0.2, -0.15) is 0 Å². The largest absolute Gasteiger partial charge is 0.368 e. The molecule has 8 heteroatoms. The van der Waals surface area contributed by atoms with E-state index in [4.69, 9.17) is 16.3 Å². The number of rotatable bonds is 4. The van der Waals surface area contributed by atoms with Crippen LogP contribution in [0.4, 0.5) is 10.1 Å². The predicted molar refractivity (Wildman–Crippen MR) is 92.0 cm³/mol. The molecule has 2 aliphatic rings. The summed E-state index contributed by atoms with van der Waals surface area (Å²) in [4.78, 5) is 28.1. The van der Waals surface area contributed by atoms with Gasteiger partial charge in [-0.05, 0) is 31.0 Å². The topological polar surface area (TPSA) is 61.9 Å². The van der Waals surface area contributed by atoms with Crippen LogP contribution in [0.5, 0.6) is 0 Å². The van der Waals surface area contributed by atoms with E-state index < -0.39 is 5.82 Å². The molecule has 0 aliphatic carbocycles. The molecule has 0 bridgehead atoms. The van der Waals surface area contributed by atoms with E-state index in [2.05, 4.69) is 5.32 Å². The SMILES string of the molecule is O=C(CN1CCN(C(=O)[C@H]2CCCO2)CC1)Nc1ccc(Cl)cc1F. The van der Waals surface area contributed by atoms with E-state index in [1.54, 1.807) is 4.90 Å². The number of piperazine rings is 1. The van der Waals surface area contributed by atoms with Gasteiger partial charge in [0.1, 0.15) is 11.9 Å². The smallest absolute Gasteiger partial charge is 0.251 e. The van der Waals surface area contributed by atoms with Crippen molar-refractivity contribution < 1.29 is 18.7 Å². The first-order valence-electron chi connectivity index (χ1n) is 8.40. The van der Waals surface area contributed by atoms with Gasteiger partial charge in [-0.3, -0.25) is 14.5 Å². The van der Waals surface area contributed by atoms with E-state index in [0.29, 0.717) is 32.8 Å². The molecule has 0 radical (unpaired) electrons. The fraction of sp³-hybridized carbons (Fsp3) is 0.529. The average Bonchev–Trinajstić information content (AvgIpc) is 3.12. The summed E-state index contributed by atoms with van der Waals surface area (Å²) in [6, 6.07) is 4.12. The first kappa shape index (κ1) is 18.1. The van der Waals surface area contributed by atoms with Crippen molar-refractivity contribution in [3.8, 4) is 0 Å². The Morgan fingerprint density at radius 1 is 1.28 bits per heavy atom. The Balaban J connectivity index is 1.45. The number of anilines is 1. The molecule has 3 rings (SSSR count). The third-order valence-electron chi connectivity index (χ3n) is 4.46. The summed E-state index contributed by atoms with van der Waals surface area (Å²) < 4.78 is 19.1. The minimum Gasteiger partial charge on any atom is -0.368 e. The highest BCUT2D eigenvalue weighted by Gasteiger charge is 2.30. The van der Waals surface area contributed by atoms with E-state index in [0.717, 1.165) is 18.9 Å². The molecule has 2 saturated heterocycles. The molecular weight excluding hydrogens is 349 g/mol. The Hall–Kier alpha value is -1.70. The zero-order valence-electron chi connectivity index (χ0n) is 13.8. The molecule has 1 aromatic carbocycles. The maximum Gasteiger partial charge on any atom is 0.251 e. The molecule has 0 saturated carbocycles. The highest BCUT2D eigenvalue weighted by atomic mass is 35.5. The summed E-state index contributed by atoms with van der Waals surface area (Å²) in [5.41, 5.74) is 0.113. The Morgan fingerprint density at radius 2 is 2.04 bits per heavy atom. The summed E-state index contributed by atoms with van der Waals surface area (Å²) in [5.74, 6) is -0.808. The maximum atomic E-state index is 13.7. The van der Waals surface area contributed by atoms with E-state index in [1.165, 1.54) is 12.1 Å². The van der Waals surface area contributed by atoms with Crippen LogP contribution in [-0.4, -0.2) is 67.0 Å². The van der Waals surface area contributed by atoms with Gasteiger partial charge in [0.25, 0.3) is 5.91 Å². The van der Waals surface area contributed by atoms with Crippen molar-refractivity contribution in [1.29, 1.82) is 0 Å². The average molecular weight is 370 g/mol. The third kappa shape index (κ3) is 4.68. The molecule has 1 aromatic rings. The minimum atomic E-state index is -0.562. The van der Waals surface area contributed by atoms with E-state index in [-0.39, 0.29) is 35.2 Å². The van der Waals surface area contributed by atoms with E-state index >= 15 is 0 Å². The van der Waals surface area contributed by atoms with Crippen LogP contribution in [0, 0.1) is 5.82 Å². The standard InChI is InChI=1S/C17H21ClFN3O3/c18-12-3-4-14(13(19)10-12)20-16(23)11-21-5-7-22(8-6-21)17(24)15-2-1-9-25-15/h3-4,10,15H,1-2,5-9,11H2,(H,20,23)/t15-/m1/s1. The number of halogens is 2. The molecular formula is C17H21ClFN3O3. The van der Waals surface area contributed by atoms with Crippen molar-refractivity contribution in [3.05, 3.63) is 29.0 Å². The molecule has 2 aliphatic heterocycles. The number of amides is 2. The van der Waals surface area contributed by atoms with Gasteiger partial charge < -0.3 is 15.0 Å². The molecule has 136 valence electrons. The Labute approximate surface area is 150 Å². The lowest BCUT2D eigenvalue weighted by Gasteiger charge is -2.35. The van der Waals surface area contributed by atoms with Crippen molar-refractivity contribution in [2.75, 3.05) is 44.6 Å². The van der Waals surface area contributed by atoms with Gasteiger partial charge in [0.05, 0.1) is 12.2 Å². The number of nitrogens with zero attached hydrogens (tertiary/aromatic N) is 2. The molecule has 25 heavy (non-hydrogen) atoms. The van der Waals surface area contributed by atoms with Crippen LogP contribution in [0.1, 0.15) is 12.8 Å². The first-order chi connectivity index (χ1) is 12.0. The minimum absolute atomic E-state index is 0.0461. The van der Waals surface area contributed by atoms with Gasteiger partial charge in [0, 0.05) is 37.8 Å². The monoisotopic (exact) mass is 369 g/mol. The van der Waals surface area contributed by atoms with Gasteiger partial charge >= 0.3 is 0 Å². The molecule has 6 nitrogen and oxygen atoms in total. The number of hydrogen-bond donors (Lipinski definition) is 1. The summed E-state index contributed by atoms with van der Waals surface area (Å²) in [7, 11) is 0. The van der Waals surface area contributed by atoms with Gasteiger partial charge in [-0.1, -0.05) is 11.6 Å². The van der Waals surface area contributed by atoms with Gasteiger partial charge in [-0.25, -0.2) is 4.39 Å². The lowest BCUT2D eigenvalue weighted by molar-refractivity contribution is -0.142. The highest BCUT2D eigenvalue weighted by molar-refractivity contribution is 6.30. The van der Waals surface area contributed by atoms with Crippen LogP contribution in [0.2, 0.25) is 5.02 Å². The lowest BCUT2D eigenvalue weighted by Crippen LogP contribution is -2.52. The molecule has 1 N–H and O–H groups in total. The number of nitrogens with one attached hydrogen (secondary N) is 1. The van der Waals surface area contributed by atoms with Gasteiger partial charge in [0.15, 0.2) is 0 Å². The summed E-state index contributed by atoms with van der Waals surface area (Å²) in [5, 5.41) is 2.83. The van der Waals surface area contributed by atoms with E-state index in [9.17, 15) is 14.0 Å². The molecule has 2 heterocycles. The quantitative estimate of drug-likeness (QED) is 0.878. The molecule has 0 aromatic heterocycles. The normalized spacial score (nSPS) is 21.4. The van der Waals surface area contributed by atoms with Crippen molar-refractivity contribution >= 4 is 29.1 Å². The van der Waals surface area contributed by atoms with Gasteiger partial charge in [0.2, 0.25) is 5.91 Å². The summed E-state index contributed by atoms with van der Waals surface area (Å²) in [6.45, 7) is 3.16. The Morgan fingerprint density at radius 3 is 2.68 bits per heavy atom. The van der Waals surface area contributed by atoms with Crippen molar-refractivity contribution in [1.82, 2.24) is 9.80 Å². The second kappa shape index (κ2) is 8.12. The Bertz CT molecular complexity index is 644. The van der Waals surface area contributed by atoms with Crippen LogP contribution in [-0.2, 0) is 14.3 Å². The van der Waals surface area contributed by atoms with Gasteiger partial charge in [-0.15, -0.1) is 0 Å². The Kier molecular flexibility index (Phi) is 5.88. The number of benzene rings is 1. The first-order valence-corrected chi connectivity index (χ1v) is 8.78. The number of ether oxygens (including phenoxy) is 1. The fourth-order valence-electron chi connectivity index (χ4n) is 3.09. The maximum absolute atomic E-state index is 13.7. The zero-order chi connectivity index (χ0) is 17.8. The molecule has 2 fully saturated rings. The second-order valence-corrected chi connectivity index (χ2v) is 6.71. The lowest BCUT2D eigenvalue weighted by atomic mass is 10.2. The van der Waals surface area contributed by atoms with Crippen molar-refractivity contribution in [2.24, 2.45) is 0 Å². The zero-order valence-corrected chi connectivity index (χ0v) is 14.6. The van der Waals surface area contributed by atoms with E-state index in [1.807, 2.05) is 4.90 Å². The van der Waals surface area contributed by atoms with Crippen LogP contribution >= 0.6 is 11.6 Å². The van der Waals surface area contributed by atoms with Crippen LogP contribution in [0.3, 0.4) is 0 Å². The predicted octanol–water partition coefficient (Wildman–Crippen LogP) is 1.74. The number of carbonyl (C=O) groups is 2. The molecule has 0 unspecified atom stereocenters. The van der Waals surface area contributed by atoms with Crippen LogP contribution in [0.25, 0.3) is 0 Å². The summed E-state index contributed by atoms with van der Waals surface area (Å²) in [6.07, 6.45) is 1.41.